The van der Waals surface area contributed by atoms with Gasteiger partial charge in [0.2, 0.25) is 5.91 Å². The van der Waals surface area contributed by atoms with Crippen LogP contribution in [0.25, 0.3) is 6.08 Å². The third-order valence-corrected chi connectivity index (χ3v) is 2.46. The van der Waals surface area contributed by atoms with Crippen LogP contribution in [0.15, 0.2) is 36.4 Å². The Kier molecular flexibility index (Phi) is 13.8. The maximum atomic E-state index is 11.5. The molecule has 1 aromatic carbocycles. The second kappa shape index (κ2) is 12.9. The summed E-state index contributed by atoms with van der Waals surface area (Å²) in [6.45, 7) is 0. The van der Waals surface area contributed by atoms with Gasteiger partial charge in [0.1, 0.15) is 0 Å². The summed E-state index contributed by atoms with van der Waals surface area (Å²) in [5.41, 5.74) is 0.780. The van der Waals surface area contributed by atoms with Crippen molar-refractivity contribution in [3.05, 3.63) is 42.0 Å². The van der Waals surface area contributed by atoms with Gasteiger partial charge in [-0.3, -0.25) is 4.79 Å². The van der Waals surface area contributed by atoms with Crippen LogP contribution in [0.1, 0.15) is 18.4 Å². The maximum absolute atomic E-state index is 11.5. The second-order valence-electron chi connectivity index (χ2n) is 4.03. The van der Waals surface area contributed by atoms with E-state index in [2.05, 4.69) is 5.32 Å². The quantitative estimate of drug-likeness (QED) is 0.396. The first-order valence-corrected chi connectivity index (χ1v) is 5.93. The Balaban J connectivity index is 0. The van der Waals surface area contributed by atoms with Gasteiger partial charge in [-0.2, -0.15) is 0 Å². The molecule has 0 saturated heterocycles. The summed E-state index contributed by atoms with van der Waals surface area (Å²) in [7, 11) is 0. The molecule has 22 heavy (non-hydrogen) atoms. The van der Waals surface area contributed by atoms with Crippen LogP contribution in [0.3, 0.4) is 0 Å². The number of nitrogens with one attached hydrogen (secondary N) is 1. The van der Waals surface area contributed by atoms with Crippen molar-refractivity contribution in [2.45, 2.75) is 18.9 Å². The summed E-state index contributed by atoms with van der Waals surface area (Å²) in [6.07, 6.45) is 1.93. The van der Waals surface area contributed by atoms with Crippen molar-refractivity contribution in [2.75, 3.05) is 0 Å². The summed E-state index contributed by atoms with van der Waals surface area (Å²) in [5.74, 6) is -3.56. The first kappa shape index (κ1) is 23.6. The molecule has 0 unspecified atom stereocenters. The number of amides is 1. The van der Waals surface area contributed by atoms with E-state index in [4.69, 9.17) is 0 Å². The largest absolute Gasteiger partial charge is 1.00 e. The van der Waals surface area contributed by atoms with E-state index in [0.29, 0.717) is 0 Å². The molecule has 0 fully saturated rings. The van der Waals surface area contributed by atoms with Gasteiger partial charge in [-0.15, -0.1) is 0 Å². The standard InChI is InChI=1S/C14H15NO5.2Na/c16-12(8-6-10-4-2-1-3-5-10)15-11(14(19)20)7-9-13(17)18;;/h1-6,8,11H,7,9H2,(H,15,16)(H,17,18)(H,19,20);;/q;2*+1/p-2/t11-;;/m0../s1. The molecule has 0 aliphatic heterocycles. The van der Waals surface area contributed by atoms with Gasteiger partial charge in [0.05, 0.1) is 12.0 Å². The van der Waals surface area contributed by atoms with Crippen LogP contribution in [0, 0.1) is 0 Å². The van der Waals surface area contributed by atoms with Gasteiger partial charge in [-0.1, -0.05) is 30.3 Å². The first-order valence-electron chi connectivity index (χ1n) is 5.93. The van der Waals surface area contributed by atoms with Gasteiger partial charge < -0.3 is 25.1 Å². The van der Waals surface area contributed by atoms with Crippen LogP contribution in [0.5, 0.6) is 0 Å². The molecule has 0 aromatic heterocycles. The molecule has 0 bridgehead atoms. The zero-order valence-corrected chi connectivity index (χ0v) is 16.6. The summed E-state index contributed by atoms with van der Waals surface area (Å²) in [5, 5.41) is 23.2. The summed E-state index contributed by atoms with van der Waals surface area (Å²) >= 11 is 0. The molecule has 0 aliphatic carbocycles. The smallest absolute Gasteiger partial charge is 0.550 e. The monoisotopic (exact) mass is 321 g/mol. The Hall–Kier alpha value is -0.630. The number of rotatable bonds is 7. The van der Waals surface area contributed by atoms with Gasteiger partial charge in [0, 0.05) is 12.0 Å². The minimum absolute atomic E-state index is 0. The van der Waals surface area contributed by atoms with E-state index >= 15 is 0 Å². The fraction of sp³-hybridized carbons (Fsp3) is 0.214. The van der Waals surface area contributed by atoms with Crippen molar-refractivity contribution < 1.29 is 83.7 Å². The van der Waals surface area contributed by atoms with Gasteiger partial charge in [-0.05, 0) is 24.5 Å². The van der Waals surface area contributed by atoms with Crippen molar-refractivity contribution in [1.29, 1.82) is 0 Å². The molecular weight excluding hydrogens is 308 g/mol. The predicted octanol–water partition coefficient (Wildman–Crippen LogP) is -7.53. The molecule has 0 spiro atoms. The minimum Gasteiger partial charge on any atom is -0.550 e. The van der Waals surface area contributed by atoms with Gasteiger partial charge in [0.15, 0.2) is 0 Å². The summed E-state index contributed by atoms with van der Waals surface area (Å²) < 4.78 is 0. The number of carboxylic acids is 2. The zero-order chi connectivity index (χ0) is 15.0. The minimum atomic E-state index is -1.53. The predicted molar refractivity (Wildman–Crippen MR) is 66.7 cm³/mol. The molecule has 1 aromatic rings. The molecule has 106 valence electrons. The molecule has 8 heteroatoms. The van der Waals surface area contributed by atoms with Gasteiger partial charge in [0.25, 0.3) is 0 Å². The van der Waals surface area contributed by atoms with Crippen molar-refractivity contribution >= 4 is 23.9 Å². The van der Waals surface area contributed by atoms with E-state index in [0.717, 1.165) is 5.56 Å². The Morgan fingerprint density at radius 1 is 1.09 bits per heavy atom. The molecule has 0 saturated carbocycles. The SMILES string of the molecule is O=C([O-])CC[C@H](NC(=O)C=Cc1ccccc1)C(=O)[O-].[Na+].[Na+]. The Labute approximate surface area is 172 Å². The maximum Gasteiger partial charge on any atom is 1.00 e. The van der Waals surface area contributed by atoms with Crippen LogP contribution in [-0.4, -0.2) is 23.9 Å². The average Bonchev–Trinajstić information content (AvgIpc) is 2.41. The Morgan fingerprint density at radius 3 is 2.18 bits per heavy atom. The molecule has 0 heterocycles. The normalized spacial score (nSPS) is 10.9. The number of carboxylic acid groups (broad SMARTS) is 2. The molecule has 0 aliphatic rings. The Morgan fingerprint density at radius 2 is 1.68 bits per heavy atom. The van der Waals surface area contributed by atoms with E-state index in [9.17, 15) is 24.6 Å². The molecular formula is C14H13NNa2O5. The van der Waals surface area contributed by atoms with Gasteiger partial charge >= 0.3 is 59.1 Å². The number of hydrogen-bond acceptors (Lipinski definition) is 5. The molecule has 6 nitrogen and oxygen atoms in total. The van der Waals surface area contributed by atoms with Crippen LogP contribution in [-0.2, 0) is 14.4 Å². The van der Waals surface area contributed by atoms with Crippen molar-refractivity contribution in [1.82, 2.24) is 5.32 Å². The van der Waals surface area contributed by atoms with Crippen LogP contribution in [0.4, 0.5) is 0 Å². The number of carbonyl (C=O) groups is 3. The van der Waals surface area contributed by atoms with Crippen LogP contribution in [0.2, 0.25) is 0 Å². The van der Waals surface area contributed by atoms with E-state index in [1.165, 1.54) is 12.2 Å². The number of carbonyl (C=O) groups excluding carboxylic acids is 3. The van der Waals surface area contributed by atoms with Crippen molar-refractivity contribution in [3.8, 4) is 0 Å². The average molecular weight is 321 g/mol. The first-order chi connectivity index (χ1) is 9.49. The molecule has 1 rings (SSSR count). The van der Waals surface area contributed by atoms with Crippen molar-refractivity contribution in [2.24, 2.45) is 0 Å². The fourth-order valence-electron chi connectivity index (χ4n) is 1.47. The van der Waals surface area contributed by atoms with Crippen LogP contribution >= 0.6 is 0 Å². The van der Waals surface area contributed by atoms with E-state index in [-0.39, 0.29) is 65.5 Å². The second-order valence-corrected chi connectivity index (χ2v) is 4.03. The van der Waals surface area contributed by atoms with E-state index in [1.54, 1.807) is 24.3 Å². The summed E-state index contributed by atoms with van der Waals surface area (Å²) in [4.78, 5) is 32.6. The number of benzene rings is 1. The van der Waals surface area contributed by atoms with E-state index < -0.39 is 30.3 Å². The molecule has 0 radical (unpaired) electrons. The number of hydrogen-bond donors (Lipinski definition) is 1. The van der Waals surface area contributed by atoms with Crippen molar-refractivity contribution in [3.63, 3.8) is 0 Å². The third kappa shape index (κ3) is 10.2. The molecule has 1 N–H and O–H groups in total. The van der Waals surface area contributed by atoms with Gasteiger partial charge in [-0.25, -0.2) is 0 Å². The topological polar surface area (TPSA) is 109 Å². The van der Waals surface area contributed by atoms with E-state index in [1.807, 2.05) is 6.07 Å². The fourth-order valence-corrected chi connectivity index (χ4v) is 1.47. The number of aliphatic carboxylic acids is 2. The third-order valence-electron chi connectivity index (χ3n) is 2.46. The van der Waals surface area contributed by atoms with Crippen LogP contribution < -0.4 is 74.6 Å². The summed E-state index contributed by atoms with van der Waals surface area (Å²) in [6, 6.07) is 7.60. The zero-order valence-electron chi connectivity index (χ0n) is 12.6. The molecule has 1 atom stereocenters. The molecule has 1 amide bonds. The Bertz CT molecular complexity index is 519.